The van der Waals surface area contributed by atoms with Gasteiger partial charge in [-0.05, 0) is 45.0 Å². The highest BCUT2D eigenvalue weighted by Crippen LogP contribution is 2.17. The monoisotopic (exact) mass is 253 g/mol. The van der Waals surface area contributed by atoms with Crippen molar-refractivity contribution in [1.29, 1.82) is 0 Å². The first-order chi connectivity index (χ1) is 9.08. The molecule has 0 spiro atoms. The lowest BCUT2D eigenvalue weighted by Gasteiger charge is -2.03. The van der Waals surface area contributed by atoms with Crippen molar-refractivity contribution in [2.45, 2.75) is 20.8 Å². The summed E-state index contributed by atoms with van der Waals surface area (Å²) in [7, 11) is 0. The molecule has 0 saturated heterocycles. The summed E-state index contributed by atoms with van der Waals surface area (Å²) in [4.78, 5) is 24.5. The van der Waals surface area contributed by atoms with E-state index in [-0.39, 0.29) is 5.78 Å². The normalized spacial score (nSPS) is 11.4. The van der Waals surface area contributed by atoms with Crippen molar-refractivity contribution in [3.63, 3.8) is 0 Å². The lowest BCUT2D eigenvalue weighted by Crippen LogP contribution is -2.01. The van der Waals surface area contributed by atoms with Gasteiger partial charge >= 0.3 is 0 Å². The second-order valence-corrected chi connectivity index (χ2v) is 4.29. The standard InChI is InChI=1S/C15H15N3O/c1-10-6-4-8-14(17-10)11(2)18-15-13(12(3)19)7-5-9-16-15/h4-9H,1-3H3. The predicted octanol–water partition coefficient (Wildman–Crippen LogP) is 3.13. The van der Waals surface area contributed by atoms with Crippen molar-refractivity contribution in [2.75, 3.05) is 0 Å². The minimum atomic E-state index is -0.0446. The number of aryl methyl sites for hydroxylation is 1. The Morgan fingerprint density at radius 1 is 1.16 bits per heavy atom. The van der Waals surface area contributed by atoms with Crippen LogP contribution in [-0.2, 0) is 0 Å². The van der Waals surface area contributed by atoms with Crippen molar-refractivity contribution in [1.82, 2.24) is 9.97 Å². The van der Waals surface area contributed by atoms with Gasteiger partial charge in [0.15, 0.2) is 11.6 Å². The average molecular weight is 253 g/mol. The molecule has 96 valence electrons. The lowest BCUT2D eigenvalue weighted by atomic mass is 10.2. The Labute approximate surface area is 112 Å². The number of pyridine rings is 2. The molecule has 2 aromatic rings. The van der Waals surface area contributed by atoms with E-state index in [0.29, 0.717) is 11.4 Å². The zero-order chi connectivity index (χ0) is 13.8. The van der Waals surface area contributed by atoms with Gasteiger partial charge in [-0.25, -0.2) is 9.98 Å². The third-order valence-electron chi connectivity index (χ3n) is 2.70. The van der Waals surface area contributed by atoms with Crippen LogP contribution in [0.25, 0.3) is 0 Å². The van der Waals surface area contributed by atoms with E-state index >= 15 is 0 Å². The zero-order valence-corrected chi connectivity index (χ0v) is 11.2. The second-order valence-electron chi connectivity index (χ2n) is 4.29. The molecule has 0 atom stereocenters. The summed E-state index contributed by atoms with van der Waals surface area (Å²) in [5, 5.41) is 0. The minimum absolute atomic E-state index is 0.0446. The van der Waals surface area contributed by atoms with Gasteiger partial charge in [-0.3, -0.25) is 9.78 Å². The average Bonchev–Trinajstić information content (AvgIpc) is 2.39. The molecular weight excluding hydrogens is 238 g/mol. The van der Waals surface area contributed by atoms with E-state index in [1.54, 1.807) is 18.3 Å². The molecule has 2 heterocycles. The molecule has 4 nitrogen and oxygen atoms in total. The van der Waals surface area contributed by atoms with Crippen LogP contribution in [0.15, 0.2) is 41.5 Å². The molecule has 0 N–H and O–H groups in total. The molecule has 0 saturated carbocycles. The molecule has 0 amide bonds. The summed E-state index contributed by atoms with van der Waals surface area (Å²) in [5.74, 6) is 0.396. The fourth-order valence-electron chi connectivity index (χ4n) is 1.72. The van der Waals surface area contributed by atoms with Crippen LogP contribution in [0.1, 0.15) is 35.6 Å². The summed E-state index contributed by atoms with van der Waals surface area (Å²) in [6, 6.07) is 9.21. The van der Waals surface area contributed by atoms with Gasteiger partial charge in [-0.1, -0.05) is 6.07 Å². The van der Waals surface area contributed by atoms with E-state index in [2.05, 4.69) is 15.0 Å². The Hall–Kier alpha value is -2.36. The molecule has 0 fully saturated rings. The van der Waals surface area contributed by atoms with E-state index in [1.807, 2.05) is 32.0 Å². The number of rotatable bonds is 3. The molecule has 0 radical (unpaired) electrons. The number of ketones is 1. The number of aromatic nitrogens is 2. The largest absolute Gasteiger partial charge is 0.294 e. The van der Waals surface area contributed by atoms with Crippen LogP contribution in [0, 0.1) is 6.92 Å². The number of Topliss-reactive ketones (excluding diaryl/α,β-unsaturated/α-hetero) is 1. The van der Waals surface area contributed by atoms with Crippen LogP contribution in [0.5, 0.6) is 0 Å². The molecule has 0 unspecified atom stereocenters. The Bertz CT molecular complexity index is 647. The molecule has 0 aliphatic rings. The maximum Gasteiger partial charge on any atom is 0.163 e. The van der Waals surface area contributed by atoms with Crippen LogP contribution >= 0.6 is 0 Å². The smallest absolute Gasteiger partial charge is 0.163 e. The van der Waals surface area contributed by atoms with Crippen molar-refractivity contribution < 1.29 is 4.79 Å². The van der Waals surface area contributed by atoms with Gasteiger partial charge in [0.1, 0.15) is 0 Å². The first-order valence-corrected chi connectivity index (χ1v) is 6.03. The Kier molecular flexibility index (Phi) is 3.80. The molecule has 2 rings (SSSR count). The minimum Gasteiger partial charge on any atom is -0.294 e. The van der Waals surface area contributed by atoms with E-state index in [0.717, 1.165) is 17.1 Å². The van der Waals surface area contributed by atoms with Crippen molar-refractivity contribution in [3.8, 4) is 0 Å². The van der Waals surface area contributed by atoms with Gasteiger partial charge in [0.2, 0.25) is 0 Å². The highest BCUT2D eigenvalue weighted by Gasteiger charge is 2.08. The molecular formula is C15H15N3O. The van der Waals surface area contributed by atoms with Crippen LogP contribution in [0.3, 0.4) is 0 Å². The topological polar surface area (TPSA) is 55.2 Å². The van der Waals surface area contributed by atoms with E-state index in [4.69, 9.17) is 0 Å². The lowest BCUT2D eigenvalue weighted by molar-refractivity contribution is 0.101. The number of carbonyl (C=O) groups is 1. The summed E-state index contributed by atoms with van der Waals surface area (Å²) in [5.41, 5.74) is 2.99. The Morgan fingerprint density at radius 3 is 2.63 bits per heavy atom. The quantitative estimate of drug-likeness (QED) is 0.623. The van der Waals surface area contributed by atoms with Gasteiger partial charge in [0, 0.05) is 11.9 Å². The van der Waals surface area contributed by atoms with Gasteiger partial charge in [-0.2, -0.15) is 0 Å². The van der Waals surface area contributed by atoms with E-state index < -0.39 is 0 Å². The molecule has 19 heavy (non-hydrogen) atoms. The van der Waals surface area contributed by atoms with Gasteiger partial charge in [0.05, 0.1) is 17.0 Å². The third kappa shape index (κ3) is 3.10. The summed E-state index contributed by atoms with van der Waals surface area (Å²) >= 11 is 0. The van der Waals surface area contributed by atoms with Gasteiger partial charge in [-0.15, -0.1) is 0 Å². The SMILES string of the molecule is CC(=O)c1cccnc1N=C(C)c1cccc(C)n1. The van der Waals surface area contributed by atoms with E-state index in [1.165, 1.54) is 6.92 Å². The predicted molar refractivity (Wildman–Crippen MR) is 75.1 cm³/mol. The van der Waals surface area contributed by atoms with Gasteiger partial charge < -0.3 is 0 Å². The molecule has 0 bridgehead atoms. The third-order valence-corrected chi connectivity index (χ3v) is 2.70. The van der Waals surface area contributed by atoms with Crippen molar-refractivity contribution in [3.05, 3.63) is 53.5 Å². The maximum absolute atomic E-state index is 11.5. The van der Waals surface area contributed by atoms with Crippen LogP contribution in [0.4, 0.5) is 5.82 Å². The highest BCUT2D eigenvalue weighted by atomic mass is 16.1. The summed E-state index contributed by atoms with van der Waals surface area (Å²) < 4.78 is 0. The molecule has 0 aliphatic heterocycles. The number of hydrogen-bond donors (Lipinski definition) is 0. The number of aliphatic imine (C=N–C) groups is 1. The Balaban J connectivity index is 2.44. The first kappa shape index (κ1) is 13.1. The highest BCUT2D eigenvalue weighted by molar-refractivity contribution is 6.02. The van der Waals surface area contributed by atoms with Crippen molar-refractivity contribution >= 4 is 17.3 Å². The molecule has 0 aliphatic carbocycles. The second kappa shape index (κ2) is 5.52. The maximum atomic E-state index is 11.5. The van der Waals surface area contributed by atoms with Gasteiger partial charge in [0.25, 0.3) is 0 Å². The summed E-state index contributed by atoms with van der Waals surface area (Å²) in [6.45, 7) is 5.30. The van der Waals surface area contributed by atoms with E-state index in [9.17, 15) is 4.79 Å². The number of hydrogen-bond acceptors (Lipinski definition) is 4. The molecule has 2 aromatic heterocycles. The Morgan fingerprint density at radius 2 is 1.95 bits per heavy atom. The van der Waals surface area contributed by atoms with Crippen LogP contribution in [-0.4, -0.2) is 21.5 Å². The molecule has 4 heteroatoms. The fourth-order valence-corrected chi connectivity index (χ4v) is 1.72. The number of carbonyl (C=O) groups excluding carboxylic acids is 1. The van der Waals surface area contributed by atoms with Crippen molar-refractivity contribution in [2.24, 2.45) is 4.99 Å². The first-order valence-electron chi connectivity index (χ1n) is 6.03. The van der Waals surface area contributed by atoms with Crippen LogP contribution in [0.2, 0.25) is 0 Å². The summed E-state index contributed by atoms with van der Waals surface area (Å²) in [6.07, 6.45) is 1.63. The molecule has 0 aromatic carbocycles. The number of nitrogens with zero attached hydrogens (tertiary/aromatic N) is 3. The zero-order valence-electron chi connectivity index (χ0n) is 11.2. The fraction of sp³-hybridized carbons (Fsp3) is 0.200. The van der Waals surface area contributed by atoms with Crippen LogP contribution < -0.4 is 0 Å².